The summed E-state index contributed by atoms with van der Waals surface area (Å²) in [5.41, 5.74) is 9.76. The molecule has 0 amide bonds. The predicted molar refractivity (Wildman–Crippen MR) is 69.2 cm³/mol. The van der Waals surface area contributed by atoms with E-state index < -0.39 is 0 Å². The van der Waals surface area contributed by atoms with Crippen LogP contribution in [0, 0.1) is 6.92 Å². The molecular formula is C12H12BrNS. The third kappa shape index (κ3) is 2.30. The maximum absolute atomic E-state index is 6.19. The van der Waals surface area contributed by atoms with E-state index in [9.17, 15) is 0 Å². The van der Waals surface area contributed by atoms with Crippen molar-refractivity contribution in [3.63, 3.8) is 0 Å². The SMILES string of the molecule is Cc1ccc(C(N)c2cscc2Br)cc1. The van der Waals surface area contributed by atoms with Gasteiger partial charge in [-0.05, 0) is 39.4 Å². The van der Waals surface area contributed by atoms with E-state index in [0.717, 1.165) is 15.6 Å². The van der Waals surface area contributed by atoms with Crippen molar-refractivity contribution < 1.29 is 0 Å². The highest BCUT2D eigenvalue weighted by atomic mass is 79.9. The van der Waals surface area contributed by atoms with Gasteiger partial charge in [-0.15, -0.1) is 0 Å². The average Bonchev–Trinajstić information content (AvgIpc) is 2.65. The van der Waals surface area contributed by atoms with Crippen molar-refractivity contribution in [2.24, 2.45) is 5.73 Å². The maximum atomic E-state index is 6.19. The standard InChI is InChI=1S/C12H12BrNS/c1-8-2-4-9(5-3-8)12(14)10-6-15-7-11(10)13/h2-7,12H,14H2,1H3. The van der Waals surface area contributed by atoms with E-state index in [0.29, 0.717) is 0 Å². The molecule has 0 radical (unpaired) electrons. The zero-order valence-corrected chi connectivity index (χ0v) is 10.8. The van der Waals surface area contributed by atoms with Crippen molar-refractivity contribution in [1.82, 2.24) is 0 Å². The summed E-state index contributed by atoms with van der Waals surface area (Å²) in [4.78, 5) is 0. The number of rotatable bonds is 2. The predicted octanol–water partition coefficient (Wildman–Crippen LogP) is 3.87. The maximum Gasteiger partial charge on any atom is 0.0571 e. The average molecular weight is 282 g/mol. The highest BCUT2D eigenvalue weighted by molar-refractivity contribution is 9.10. The number of halogens is 1. The molecule has 1 atom stereocenters. The van der Waals surface area contributed by atoms with Gasteiger partial charge in [-0.1, -0.05) is 29.8 Å². The van der Waals surface area contributed by atoms with Crippen molar-refractivity contribution in [1.29, 1.82) is 0 Å². The van der Waals surface area contributed by atoms with Crippen LogP contribution in [0.25, 0.3) is 0 Å². The van der Waals surface area contributed by atoms with Gasteiger partial charge in [0.2, 0.25) is 0 Å². The quantitative estimate of drug-likeness (QED) is 0.889. The van der Waals surface area contributed by atoms with Crippen LogP contribution in [0.5, 0.6) is 0 Å². The van der Waals surface area contributed by atoms with Crippen molar-refractivity contribution in [2.45, 2.75) is 13.0 Å². The number of hydrogen-bond donors (Lipinski definition) is 1. The fraction of sp³-hybridized carbons (Fsp3) is 0.167. The Labute approximate surface area is 102 Å². The Balaban J connectivity index is 2.32. The second-order valence-electron chi connectivity index (χ2n) is 3.56. The highest BCUT2D eigenvalue weighted by Gasteiger charge is 2.12. The van der Waals surface area contributed by atoms with Crippen LogP contribution in [0.4, 0.5) is 0 Å². The van der Waals surface area contributed by atoms with Gasteiger partial charge < -0.3 is 5.73 Å². The van der Waals surface area contributed by atoms with E-state index >= 15 is 0 Å². The molecule has 2 rings (SSSR count). The Hall–Kier alpha value is -0.640. The van der Waals surface area contributed by atoms with Gasteiger partial charge in [0.1, 0.15) is 0 Å². The van der Waals surface area contributed by atoms with Crippen molar-refractivity contribution >= 4 is 27.3 Å². The lowest BCUT2D eigenvalue weighted by Gasteiger charge is -2.11. The molecule has 1 nitrogen and oxygen atoms in total. The number of aryl methyl sites for hydroxylation is 1. The first-order valence-electron chi connectivity index (χ1n) is 4.72. The van der Waals surface area contributed by atoms with Gasteiger partial charge in [-0.2, -0.15) is 11.3 Å². The van der Waals surface area contributed by atoms with Gasteiger partial charge in [0, 0.05) is 9.85 Å². The van der Waals surface area contributed by atoms with Crippen LogP contribution in [0.15, 0.2) is 39.5 Å². The van der Waals surface area contributed by atoms with E-state index in [1.807, 2.05) is 0 Å². The summed E-state index contributed by atoms with van der Waals surface area (Å²) in [5, 5.41) is 4.15. The Morgan fingerprint density at radius 3 is 2.40 bits per heavy atom. The molecule has 3 heteroatoms. The molecule has 0 bridgehead atoms. The fourth-order valence-electron chi connectivity index (χ4n) is 1.47. The Morgan fingerprint density at radius 1 is 1.20 bits per heavy atom. The number of thiophene rings is 1. The minimum Gasteiger partial charge on any atom is -0.320 e. The summed E-state index contributed by atoms with van der Waals surface area (Å²) in [6.45, 7) is 2.08. The van der Waals surface area contributed by atoms with Crippen LogP contribution in [0.2, 0.25) is 0 Å². The molecule has 1 heterocycles. The first-order chi connectivity index (χ1) is 7.18. The molecule has 2 aromatic rings. The van der Waals surface area contributed by atoms with Gasteiger partial charge in [-0.25, -0.2) is 0 Å². The Bertz CT molecular complexity index is 447. The van der Waals surface area contributed by atoms with E-state index in [4.69, 9.17) is 5.73 Å². The first kappa shape index (κ1) is 10.9. The zero-order valence-electron chi connectivity index (χ0n) is 8.41. The molecule has 78 valence electrons. The number of hydrogen-bond acceptors (Lipinski definition) is 2. The van der Waals surface area contributed by atoms with Gasteiger partial charge in [0.15, 0.2) is 0 Å². The van der Waals surface area contributed by atoms with Gasteiger partial charge in [0.25, 0.3) is 0 Å². The monoisotopic (exact) mass is 281 g/mol. The van der Waals surface area contributed by atoms with Crippen molar-refractivity contribution in [2.75, 3.05) is 0 Å². The topological polar surface area (TPSA) is 26.0 Å². The van der Waals surface area contributed by atoms with Gasteiger partial charge >= 0.3 is 0 Å². The Morgan fingerprint density at radius 2 is 1.87 bits per heavy atom. The second kappa shape index (κ2) is 4.47. The molecule has 0 saturated heterocycles. The van der Waals surface area contributed by atoms with E-state index in [2.05, 4.69) is 57.9 Å². The fourth-order valence-corrected chi connectivity index (χ4v) is 3.05. The zero-order chi connectivity index (χ0) is 10.8. The summed E-state index contributed by atoms with van der Waals surface area (Å²) in [6, 6.07) is 8.32. The lowest BCUT2D eigenvalue weighted by molar-refractivity contribution is 0.871. The molecule has 0 fully saturated rings. The van der Waals surface area contributed by atoms with Crippen LogP contribution in [-0.2, 0) is 0 Å². The highest BCUT2D eigenvalue weighted by Crippen LogP contribution is 2.29. The molecule has 0 aliphatic heterocycles. The molecule has 1 aromatic heterocycles. The molecule has 1 aromatic carbocycles. The van der Waals surface area contributed by atoms with Gasteiger partial charge in [-0.3, -0.25) is 0 Å². The third-order valence-corrected chi connectivity index (χ3v) is 4.17. The van der Waals surface area contributed by atoms with Gasteiger partial charge in [0.05, 0.1) is 6.04 Å². The van der Waals surface area contributed by atoms with Crippen LogP contribution in [0.3, 0.4) is 0 Å². The van der Waals surface area contributed by atoms with E-state index in [1.165, 1.54) is 5.56 Å². The lowest BCUT2D eigenvalue weighted by Crippen LogP contribution is -2.11. The number of benzene rings is 1. The van der Waals surface area contributed by atoms with Crippen LogP contribution < -0.4 is 5.73 Å². The summed E-state index contributed by atoms with van der Waals surface area (Å²) >= 11 is 5.17. The normalized spacial score (nSPS) is 12.7. The second-order valence-corrected chi connectivity index (χ2v) is 5.16. The number of nitrogens with two attached hydrogens (primary N) is 1. The smallest absolute Gasteiger partial charge is 0.0571 e. The van der Waals surface area contributed by atoms with E-state index in [1.54, 1.807) is 11.3 Å². The summed E-state index contributed by atoms with van der Waals surface area (Å²) in [5.74, 6) is 0. The summed E-state index contributed by atoms with van der Waals surface area (Å²) in [7, 11) is 0. The van der Waals surface area contributed by atoms with Crippen molar-refractivity contribution in [3.05, 3.63) is 56.2 Å². The Kier molecular flexibility index (Phi) is 3.24. The van der Waals surface area contributed by atoms with Crippen molar-refractivity contribution in [3.8, 4) is 0 Å². The summed E-state index contributed by atoms with van der Waals surface area (Å²) in [6.07, 6.45) is 0. The molecular weight excluding hydrogens is 270 g/mol. The minimum absolute atomic E-state index is 0.0359. The lowest BCUT2D eigenvalue weighted by atomic mass is 10.0. The largest absolute Gasteiger partial charge is 0.320 e. The molecule has 2 N–H and O–H groups in total. The minimum atomic E-state index is -0.0359. The van der Waals surface area contributed by atoms with E-state index in [-0.39, 0.29) is 6.04 Å². The molecule has 0 aliphatic carbocycles. The molecule has 0 saturated carbocycles. The molecule has 0 aliphatic rings. The van der Waals surface area contributed by atoms with Crippen LogP contribution in [0.1, 0.15) is 22.7 Å². The third-order valence-electron chi connectivity index (χ3n) is 2.41. The first-order valence-corrected chi connectivity index (χ1v) is 6.46. The van der Waals surface area contributed by atoms with Crippen LogP contribution in [-0.4, -0.2) is 0 Å². The van der Waals surface area contributed by atoms with Crippen LogP contribution >= 0.6 is 27.3 Å². The molecule has 15 heavy (non-hydrogen) atoms. The molecule has 0 spiro atoms. The summed E-state index contributed by atoms with van der Waals surface area (Å²) < 4.78 is 1.10. The molecule has 1 unspecified atom stereocenters.